The highest BCUT2D eigenvalue weighted by Gasteiger charge is 2.23. The van der Waals surface area contributed by atoms with Gasteiger partial charge in [0.25, 0.3) is 0 Å². The molecular formula is C20H17N3O2. The third kappa shape index (κ3) is 2.12. The molecule has 5 heteroatoms. The highest BCUT2D eigenvalue weighted by molar-refractivity contribution is 6.07. The van der Waals surface area contributed by atoms with E-state index in [0.29, 0.717) is 11.6 Å². The third-order valence-electron chi connectivity index (χ3n) is 5.23. The standard InChI is InChI=1S/C20H17N3O2/c24-20(25)12-9-10-15-16(11-12)22-19-18(21-15)14-7-3-4-8-17(14)23(19)13-5-1-2-6-13/h3-4,7-11,13H,1-2,5-6H2,(H,24,25). The number of nitrogens with zero attached hydrogens (tertiary/aromatic N) is 3. The molecule has 0 unspecified atom stereocenters. The molecule has 2 heterocycles. The van der Waals surface area contributed by atoms with Crippen molar-refractivity contribution >= 4 is 39.1 Å². The van der Waals surface area contributed by atoms with Crippen LogP contribution in [0.15, 0.2) is 42.5 Å². The van der Waals surface area contributed by atoms with E-state index in [-0.39, 0.29) is 5.56 Å². The minimum Gasteiger partial charge on any atom is -0.478 e. The second kappa shape index (κ2) is 5.28. The summed E-state index contributed by atoms with van der Waals surface area (Å²) in [5.74, 6) is -0.944. The number of hydrogen-bond donors (Lipinski definition) is 1. The van der Waals surface area contributed by atoms with Crippen LogP contribution in [0.1, 0.15) is 42.1 Å². The first-order valence-corrected chi connectivity index (χ1v) is 8.66. The Labute approximate surface area is 143 Å². The van der Waals surface area contributed by atoms with Gasteiger partial charge in [0.2, 0.25) is 0 Å². The second-order valence-electron chi connectivity index (χ2n) is 6.73. The van der Waals surface area contributed by atoms with E-state index in [2.05, 4.69) is 22.8 Å². The molecule has 25 heavy (non-hydrogen) atoms. The lowest BCUT2D eigenvalue weighted by Crippen LogP contribution is -2.05. The summed E-state index contributed by atoms with van der Waals surface area (Å²) in [6.07, 6.45) is 4.79. The van der Waals surface area contributed by atoms with Crippen molar-refractivity contribution in [2.45, 2.75) is 31.7 Å². The average molecular weight is 331 g/mol. The summed E-state index contributed by atoms with van der Waals surface area (Å²) in [7, 11) is 0. The summed E-state index contributed by atoms with van der Waals surface area (Å²) < 4.78 is 2.32. The number of aromatic nitrogens is 3. The van der Waals surface area contributed by atoms with Crippen LogP contribution in [0.2, 0.25) is 0 Å². The summed E-state index contributed by atoms with van der Waals surface area (Å²) in [5, 5.41) is 10.4. The Hall–Kier alpha value is -2.95. The molecular weight excluding hydrogens is 314 g/mol. The zero-order chi connectivity index (χ0) is 17.0. The number of carbonyl (C=O) groups is 1. The van der Waals surface area contributed by atoms with Crippen LogP contribution >= 0.6 is 0 Å². The molecule has 0 amide bonds. The van der Waals surface area contributed by atoms with E-state index in [0.717, 1.165) is 40.4 Å². The summed E-state index contributed by atoms with van der Waals surface area (Å²) in [6, 6.07) is 13.7. The van der Waals surface area contributed by atoms with Crippen LogP contribution in [0.25, 0.3) is 33.1 Å². The Morgan fingerprint density at radius 2 is 1.84 bits per heavy atom. The molecule has 1 aliphatic rings. The van der Waals surface area contributed by atoms with E-state index in [1.807, 2.05) is 6.07 Å². The number of carboxylic acids is 1. The first-order valence-electron chi connectivity index (χ1n) is 8.66. The van der Waals surface area contributed by atoms with E-state index < -0.39 is 5.97 Å². The minimum absolute atomic E-state index is 0.240. The fraction of sp³-hybridized carbons (Fsp3) is 0.250. The van der Waals surface area contributed by atoms with E-state index in [9.17, 15) is 9.90 Å². The van der Waals surface area contributed by atoms with Crippen molar-refractivity contribution in [2.75, 3.05) is 0 Å². The molecule has 1 N–H and O–H groups in total. The van der Waals surface area contributed by atoms with Gasteiger partial charge >= 0.3 is 5.97 Å². The van der Waals surface area contributed by atoms with Crippen molar-refractivity contribution in [1.29, 1.82) is 0 Å². The summed E-state index contributed by atoms with van der Waals surface area (Å²) in [5.41, 5.74) is 4.53. The number of para-hydroxylation sites is 1. The lowest BCUT2D eigenvalue weighted by molar-refractivity contribution is 0.0697. The Kier molecular flexibility index (Phi) is 3.04. The SMILES string of the molecule is O=C(O)c1ccc2nc3c4ccccc4n(C4CCCC4)c3nc2c1. The fourth-order valence-electron chi connectivity index (χ4n) is 4.06. The molecule has 2 aromatic carbocycles. The second-order valence-corrected chi connectivity index (χ2v) is 6.73. The summed E-state index contributed by atoms with van der Waals surface area (Å²) in [4.78, 5) is 20.9. The Morgan fingerprint density at radius 3 is 2.64 bits per heavy atom. The molecule has 1 aliphatic carbocycles. The first kappa shape index (κ1) is 14.4. The van der Waals surface area contributed by atoms with E-state index in [4.69, 9.17) is 9.97 Å². The predicted octanol–water partition coefficient (Wildman–Crippen LogP) is 4.55. The summed E-state index contributed by atoms with van der Waals surface area (Å²) >= 11 is 0. The van der Waals surface area contributed by atoms with Gasteiger partial charge in [-0.25, -0.2) is 14.8 Å². The normalized spacial score (nSPS) is 15.5. The van der Waals surface area contributed by atoms with Crippen LogP contribution in [0, 0.1) is 0 Å². The largest absolute Gasteiger partial charge is 0.478 e. The van der Waals surface area contributed by atoms with Crippen molar-refractivity contribution in [1.82, 2.24) is 14.5 Å². The molecule has 5 rings (SSSR count). The average Bonchev–Trinajstić information content (AvgIpc) is 3.25. The van der Waals surface area contributed by atoms with E-state index in [1.54, 1.807) is 18.2 Å². The molecule has 1 saturated carbocycles. The topological polar surface area (TPSA) is 68.0 Å². The van der Waals surface area contributed by atoms with Crippen molar-refractivity contribution in [3.63, 3.8) is 0 Å². The van der Waals surface area contributed by atoms with Crippen LogP contribution in [-0.2, 0) is 0 Å². The van der Waals surface area contributed by atoms with Gasteiger partial charge in [0.05, 0.1) is 22.1 Å². The Balaban J connectivity index is 1.89. The van der Waals surface area contributed by atoms with Crippen LogP contribution in [-0.4, -0.2) is 25.6 Å². The lowest BCUT2D eigenvalue weighted by Gasteiger charge is -2.14. The molecule has 0 radical (unpaired) electrons. The summed E-state index contributed by atoms with van der Waals surface area (Å²) in [6.45, 7) is 0. The van der Waals surface area contributed by atoms with Gasteiger partial charge in [-0.1, -0.05) is 31.0 Å². The van der Waals surface area contributed by atoms with Gasteiger partial charge in [-0.2, -0.15) is 0 Å². The number of hydrogen-bond acceptors (Lipinski definition) is 3. The lowest BCUT2D eigenvalue weighted by atomic mass is 10.2. The zero-order valence-electron chi connectivity index (χ0n) is 13.6. The molecule has 0 atom stereocenters. The van der Waals surface area contributed by atoms with Crippen LogP contribution in [0.5, 0.6) is 0 Å². The zero-order valence-corrected chi connectivity index (χ0v) is 13.6. The number of benzene rings is 2. The van der Waals surface area contributed by atoms with Gasteiger partial charge in [-0.3, -0.25) is 0 Å². The highest BCUT2D eigenvalue weighted by atomic mass is 16.4. The maximum absolute atomic E-state index is 11.3. The van der Waals surface area contributed by atoms with Gasteiger partial charge in [-0.15, -0.1) is 0 Å². The van der Waals surface area contributed by atoms with Gasteiger partial charge in [-0.05, 0) is 37.1 Å². The molecule has 0 aliphatic heterocycles. The number of aromatic carboxylic acids is 1. The smallest absolute Gasteiger partial charge is 0.335 e. The fourth-order valence-corrected chi connectivity index (χ4v) is 4.06. The van der Waals surface area contributed by atoms with Crippen molar-refractivity contribution in [3.05, 3.63) is 48.0 Å². The first-order chi connectivity index (χ1) is 12.2. The molecule has 124 valence electrons. The Bertz CT molecular complexity index is 1140. The maximum atomic E-state index is 11.3. The van der Waals surface area contributed by atoms with E-state index >= 15 is 0 Å². The van der Waals surface area contributed by atoms with Crippen LogP contribution in [0.4, 0.5) is 0 Å². The monoisotopic (exact) mass is 331 g/mol. The molecule has 5 nitrogen and oxygen atoms in total. The van der Waals surface area contributed by atoms with Gasteiger partial charge in [0.15, 0.2) is 5.65 Å². The molecule has 1 fully saturated rings. The van der Waals surface area contributed by atoms with Crippen molar-refractivity contribution < 1.29 is 9.90 Å². The highest BCUT2D eigenvalue weighted by Crippen LogP contribution is 2.37. The maximum Gasteiger partial charge on any atom is 0.335 e. The van der Waals surface area contributed by atoms with Gasteiger partial charge in [0, 0.05) is 11.4 Å². The predicted molar refractivity (Wildman–Crippen MR) is 97.0 cm³/mol. The molecule has 2 aromatic heterocycles. The molecule has 0 bridgehead atoms. The van der Waals surface area contributed by atoms with Crippen LogP contribution < -0.4 is 0 Å². The van der Waals surface area contributed by atoms with E-state index in [1.165, 1.54) is 12.8 Å². The molecule has 0 spiro atoms. The van der Waals surface area contributed by atoms with Gasteiger partial charge in [0.1, 0.15) is 5.52 Å². The van der Waals surface area contributed by atoms with Gasteiger partial charge < -0.3 is 9.67 Å². The molecule has 4 aromatic rings. The molecule has 0 saturated heterocycles. The number of rotatable bonds is 2. The Morgan fingerprint density at radius 1 is 1.04 bits per heavy atom. The number of fused-ring (bicyclic) bond motifs is 4. The third-order valence-corrected chi connectivity index (χ3v) is 5.23. The quantitative estimate of drug-likeness (QED) is 0.585. The van der Waals surface area contributed by atoms with Crippen LogP contribution in [0.3, 0.4) is 0 Å². The minimum atomic E-state index is -0.944. The number of carboxylic acid groups (broad SMARTS) is 1. The van der Waals surface area contributed by atoms with Crippen molar-refractivity contribution in [2.24, 2.45) is 0 Å². The van der Waals surface area contributed by atoms with Crippen molar-refractivity contribution in [3.8, 4) is 0 Å².